The van der Waals surface area contributed by atoms with Gasteiger partial charge in [-0.05, 0) is 70.6 Å². The van der Waals surface area contributed by atoms with Gasteiger partial charge >= 0.3 is 5.97 Å². The highest BCUT2D eigenvalue weighted by molar-refractivity contribution is 5.78. The van der Waals surface area contributed by atoms with E-state index in [-0.39, 0.29) is 18.0 Å². The molecule has 0 N–H and O–H groups in total. The summed E-state index contributed by atoms with van der Waals surface area (Å²) in [6.07, 6.45) is 45.1. The molecule has 0 aromatic carbocycles. The lowest BCUT2D eigenvalue weighted by Crippen LogP contribution is -2.44. The highest BCUT2D eigenvalue weighted by Gasteiger charge is 2.40. The average Bonchev–Trinajstić information content (AvgIpc) is 2.92. The Balaban J connectivity index is 1.86. The number of carbonyl (C=O) groups is 1. The number of esters is 1. The van der Waals surface area contributed by atoms with E-state index in [0.29, 0.717) is 0 Å². The van der Waals surface area contributed by atoms with Crippen LogP contribution in [0, 0.1) is 5.92 Å². The molecule has 0 aliphatic carbocycles. The molecule has 0 aromatic rings. The molecule has 2 heteroatoms. The fourth-order valence-electron chi connectivity index (χ4n) is 5.64. The molecule has 222 valence electrons. The molecule has 1 fully saturated rings. The number of ether oxygens (including phenoxy) is 1. The molecule has 0 spiro atoms. The quantitative estimate of drug-likeness (QED) is 0.0546. The van der Waals surface area contributed by atoms with Crippen LogP contribution in [0.1, 0.15) is 187 Å². The Hall–Kier alpha value is -1.05. The second-order valence-electron chi connectivity index (χ2n) is 12.0. The maximum Gasteiger partial charge on any atom is 0.313 e. The third-order valence-corrected chi connectivity index (χ3v) is 8.30. The fourth-order valence-corrected chi connectivity index (χ4v) is 5.64. The summed E-state index contributed by atoms with van der Waals surface area (Å²) in [5, 5.41) is 0. The minimum atomic E-state index is 0.0698. The van der Waals surface area contributed by atoms with Gasteiger partial charge in [-0.2, -0.15) is 0 Å². The van der Waals surface area contributed by atoms with Gasteiger partial charge in [-0.3, -0.25) is 4.79 Å². The molecule has 0 amide bonds. The van der Waals surface area contributed by atoms with Gasteiger partial charge < -0.3 is 4.74 Å². The van der Waals surface area contributed by atoms with Gasteiger partial charge in [-0.15, -0.1) is 0 Å². The molecule has 0 radical (unpaired) electrons. The monoisotopic (exact) mass is 531 g/mol. The third kappa shape index (κ3) is 20.9. The zero-order valence-corrected chi connectivity index (χ0v) is 25.9. The van der Waals surface area contributed by atoms with Crippen LogP contribution < -0.4 is 0 Å². The fraction of sp³-hybridized carbons (Fsp3) is 0.861. The topological polar surface area (TPSA) is 26.3 Å². The molecule has 38 heavy (non-hydrogen) atoms. The maximum absolute atomic E-state index is 11.9. The summed E-state index contributed by atoms with van der Waals surface area (Å²) in [7, 11) is 0. The molecule has 1 aliphatic rings. The number of cyclic esters (lactones) is 1. The van der Waals surface area contributed by atoms with Gasteiger partial charge in [0.05, 0.1) is 5.92 Å². The highest BCUT2D eigenvalue weighted by atomic mass is 16.6. The summed E-state index contributed by atoms with van der Waals surface area (Å²) in [6, 6.07) is 0. The molecule has 1 heterocycles. The SMILES string of the molecule is CCCCCCCC/C=C\CCCCCCCC1OC(=O)C1CCCCCC/C=C\CCCCCCCC. The third-order valence-electron chi connectivity index (χ3n) is 8.30. The first-order valence-electron chi connectivity index (χ1n) is 17.3. The van der Waals surface area contributed by atoms with Gasteiger partial charge in [0.25, 0.3) is 0 Å². The number of rotatable bonds is 29. The summed E-state index contributed by atoms with van der Waals surface area (Å²) in [4.78, 5) is 11.9. The predicted octanol–water partition coefficient (Wildman–Crippen LogP) is 12.2. The molecule has 1 rings (SSSR count). The summed E-state index contributed by atoms with van der Waals surface area (Å²) in [6.45, 7) is 4.56. The second-order valence-corrected chi connectivity index (χ2v) is 12.0. The molecular formula is C36H66O2. The van der Waals surface area contributed by atoms with E-state index in [1.165, 1.54) is 161 Å². The largest absolute Gasteiger partial charge is 0.461 e. The maximum atomic E-state index is 11.9. The van der Waals surface area contributed by atoms with Gasteiger partial charge in [0.2, 0.25) is 0 Å². The van der Waals surface area contributed by atoms with Crippen molar-refractivity contribution in [2.24, 2.45) is 5.92 Å². The van der Waals surface area contributed by atoms with E-state index in [2.05, 4.69) is 38.2 Å². The molecule has 0 aromatic heterocycles. The number of carbonyl (C=O) groups excluding carboxylic acids is 1. The van der Waals surface area contributed by atoms with Crippen molar-refractivity contribution >= 4 is 5.97 Å². The van der Waals surface area contributed by atoms with Crippen LogP contribution in [-0.2, 0) is 9.53 Å². The van der Waals surface area contributed by atoms with E-state index in [1.54, 1.807) is 0 Å². The van der Waals surface area contributed by atoms with E-state index in [0.717, 1.165) is 12.8 Å². The Kier molecular flexibility index (Phi) is 25.3. The van der Waals surface area contributed by atoms with Crippen molar-refractivity contribution in [1.82, 2.24) is 0 Å². The van der Waals surface area contributed by atoms with Gasteiger partial charge in [-0.25, -0.2) is 0 Å². The van der Waals surface area contributed by atoms with Crippen molar-refractivity contribution in [3.05, 3.63) is 24.3 Å². The number of hydrogen-bond donors (Lipinski definition) is 0. The number of hydrogen-bond acceptors (Lipinski definition) is 2. The van der Waals surface area contributed by atoms with Crippen molar-refractivity contribution in [3.8, 4) is 0 Å². The molecule has 0 saturated carbocycles. The van der Waals surface area contributed by atoms with Crippen molar-refractivity contribution < 1.29 is 9.53 Å². The summed E-state index contributed by atoms with van der Waals surface area (Å²) in [5.74, 6) is 0.268. The first-order valence-corrected chi connectivity index (χ1v) is 17.3. The second kappa shape index (κ2) is 27.5. The van der Waals surface area contributed by atoms with E-state index in [9.17, 15) is 4.79 Å². The zero-order chi connectivity index (χ0) is 27.4. The summed E-state index contributed by atoms with van der Waals surface area (Å²) in [5.41, 5.74) is 0. The van der Waals surface area contributed by atoms with E-state index < -0.39 is 0 Å². The van der Waals surface area contributed by atoms with Crippen LogP contribution in [0.25, 0.3) is 0 Å². The van der Waals surface area contributed by atoms with E-state index in [1.807, 2.05) is 0 Å². The lowest BCUT2D eigenvalue weighted by atomic mass is 9.87. The predicted molar refractivity (Wildman–Crippen MR) is 168 cm³/mol. The molecule has 1 saturated heterocycles. The normalized spacial score (nSPS) is 17.5. The van der Waals surface area contributed by atoms with Crippen LogP contribution in [0.5, 0.6) is 0 Å². The lowest BCUT2D eigenvalue weighted by Gasteiger charge is -2.35. The summed E-state index contributed by atoms with van der Waals surface area (Å²) >= 11 is 0. The number of unbranched alkanes of at least 4 members (excludes halogenated alkanes) is 21. The number of allylic oxidation sites excluding steroid dienone is 4. The Labute approximate surface area is 238 Å². The Morgan fingerprint density at radius 1 is 0.474 bits per heavy atom. The van der Waals surface area contributed by atoms with E-state index >= 15 is 0 Å². The lowest BCUT2D eigenvalue weighted by molar-refractivity contribution is -0.186. The van der Waals surface area contributed by atoms with Gasteiger partial charge in [-0.1, -0.05) is 141 Å². The highest BCUT2D eigenvalue weighted by Crippen LogP contribution is 2.31. The molecule has 2 nitrogen and oxygen atoms in total. The molecule has 2 unspecified atom stereocenters. The molecule has 2 atom stereocenters. The summed E-state index contributed by atoms with van der Waals surface area (Å²) < 4.78 is 5.48. The molecule has 0 bridgehead atoms. The van der Waals surface area contributed by atoms with Crippen molar-refractivity contribution in [2.45, 2.75) is 193 Å². The van der Waals surface area contributed by atoms with Crippen molar-refractivity contribution in [3.63, 3.8) is 0 Å². The molecule has 1 aliphatic heterocycles. The minimum absolute atomic E-state index is 0.0698. The first kappa shape index (κ1) is 35.0. The van der Waals surface area contributed by atoms with Crippen molar-refractivity contribution in [2.75, 3.05) is 0 Å². The molecular weight excluding hydrogens is 464 g/mol. The van der Waals surface area contributed by atoms with Crippen LogP contribution in [0.4, 0.5) is 0 Å². The van der Waals surface area contributed by atoms with Crippen LogP contribution in [0.15, 0.2) is 24.3 Å². The van der Waals surface area contributed by atoms with Crippen LogP contribution in [-0.4, -0.2) is 12.1 Å². The van der Waals surface area contributed by atoms with Gasteiger partial charge in [0, 0.05) is 0 Å². The van der Waals surface area contributed by atoms with Gasteiger partial charge in [0.1, 0.15) is 6.10 Å². The first-order chi connectivity index (χ1) is 18.8. The van der Waals surface area contributed by atoms with Crippen LogP contribution in [0.2, 0.25) is 0 Å². The average molecular weight is 531 g/mol. The van der Waals surface area contributed by atoms with Crippen LogP contribution in [0.3, 0.4) is 0 Å². The van der Waals surface area contributed by atoms with Crippen molar-refractivity contribution in [1.29, 1.82) is 0 Å². The minimum Gasteiger partial charge on any atom is -0.461 e. The van der Waals surface area contributed by atoms with Gasteiger partial charge in [0.15, 0.2) is 0 Å². The Morgan fingerprint density at radius 3 is 1.21 bits per heavy atom. The van der Waals surface area contributed by atoms with Crippen LogP contribution >= 0.6 is 0 Å². The Bertz CT molecular complexity index is 564. The Morgan fingerprint density at radius 2 is 0.816 bits per heavy atom. The smallest absolute Gasteiger partial charge is 0.313 e. The zero-order valence-electron chi connectivity index (χ0n) is 25.9. The van der Waals surface area contributed by atoms with E-state index in [4.69, 9.17) is 4.74 Å². The standard InChI is InChI=1S/C36H66O2/c1-3-5-7-9-11-13-15-17-19-21-23-25-27-29-31-33-35-34(36(37)38-35)32-30-28-26-24-22-20-18-16-14-12-10-8-6-4-2/h17-20,34-35H,3-16,21-33H2,1-2H3/b19-17-,20-18-.